The maximum atomic E-state index is 13.0. The number of ether oxygens (including phenoxy) is 1. The van der Waals surface area contributed by atoms with Crippen molar-refractivity contribution in [2.24, 2.45) is 0 Å². The van der Waals surface area contributed by atoms with Gasteiger partial charge in [-0.3, -0.25) is 4.79 Å². The smallest absolute Gasteiger partial charge is 0.257 e. The number of carbonyl (C=O) groups excluding carboxylic acids is 1. The number of thiophene rings is 1. The van der Waals surface area contributed by atoms with Gasteiger partial charge in [-0.05, 0) is 30.0 Å². The molecule has 3 heterocycles. The van der Waals surface area contributed by atoms with Crippen molar-refractivity contribution in [3.63, 3.8) is 0 Å². The number of aryl methyl sites for hydroxylation is 1. The number of anilines is 1. The molecule has 0 saturated carbocycles. The third-order valence-corrected chi connectivity index (χ3v) is 5.43. The number of para-hydroxylation sites is 2. The van der Waals surface area contributed by atoms with Gasteiger partial charge >= 0.3 is 0 Å². The number of nitrogen functional groups attached to an aromatic ring is 1. The molecule has 0 aliphatic carbocycles. The van der Waals surface area contributed by atoms with Crippen LogP contribution >= 0.6 is 11.3 Å². The van der Waals surface area contributed by atoms with Crippen molar-refractivity contribution in [3.05, 3.63) is 52.2 Å². The molecule has 0 radical (unpaired) electrons. The number of aromatic nitrogens is 3. The van der Waals surface area contributed by atoms with E-state index in [1.165, 1.54) is 0 Å². The summed E-state index contributed by atoms with van der Waals surface area (Å²) in [7, 11) is 1.66. The number of fused-ring (bicyclic) bond motifs is 2. The zero-order valence-corrected chi connectivity index (χ0v) is 16.3. The molecule has 0 bridgehead atoms. The van der Waals surface area contributed by atoms with Gasteiger partial charge < -0.3 is 20.4 Å². The van der Waals surface area contributed by atoms with Gasteiger partial charge in [0.15, 0.2) is 5.65 Å². The molecular formula is C20H21N5O2S. The Morgan fingerprint density at radius 1 is 1.21 bits per heavy atom. The summed E-state index contributed by atoms with van der Waals surface area (Å²) in [6, 6.07) is 11.5. The molecule has 0 aliphatic rings. The van der Waals surface area contributed by atoms with E-state index in [1.54, 1.807) is 18.4 Å². The third-order valence-electron chi connectivity index (χ3n) is 4.55. The highest BCUT2D eigenvalue weighted by atomic mass is 32.1. The third kappa shape index (κ3) is 3.44. The topological polar surface area (TPSA) is 95.1 Å². The average Bonchev–Trinajstić information content (AvgIpc) is 3.31. The van der Waals surface area contributed by atoms with Crippen molar-refractivity contribution >= 4 is 45.3 Å². The van der Waals surface area contributed by atoms with Gasteiger partial charge in [-0.15, -0.1) is 11.3 Å². The van der Waals surface area contributed by atoms with E-state index in [2.05, 4.69) is 5.32 Å². The molecule has 8 heteroatoms. The largest absolute Gasteiger partial charge is 0.385 e. The molecule has 144 valence electrons. The zero-order valence-electron chi connectivity index (χ0n) is 15.5. The quantitative estimate of drug-likeness (QED) is 0.469. The van der Waals surface area contributed by atoms with E-state index in [-0.39, 0.29) is 5.91 Å². The molecule has 0 atom stereocenters. The highest BCUT2D eigenvalue weighted by molar-refractivity contribution is 7.09. The van der Waals surface area contributed by atoms with E-state index in [9.17, 15) is 4.79 Å². The predicted octanol–water partition coefficient (Wildman–Crippen LogP) is 3.19. The van der Waals surface area contributed by atoms with Crippen LogP contribution in [0.4, 0.5) is 5.82 Å². The molecule has 28 heavy (non-hydrogen) atoms. The Hall–Kier alpha value is -2.97. The summed E-state index contributed by atoms with van der Waals surface area (Å²) in [6.07, 6.45) is 0.759. The van der Waals surface area contributed by atoms with Crippen LogP contribution in [0, 0.1) is 0 Å². The fraction of sp³-hybridized carbons (Fsp3) is 0.250. The Morgan fingerprint density at radius 2 is 2.00 bits per heavy atom. The van der Waals surface area contributed by atoms with Crippen LogP contribution in [0.5, 0.6) is 0 Å². The molecule has 3 N–H and O–H groups in total. The van der Waals surface area contributed by atoms with Gasteiger partial charge in [0.2, 0.25) is 0 Å². The van der Waals surface area contributed by atoms with Crippen LogP contribution in [0.3, 0.4) is 0 Å². The summed E-state index contributed by atoms with van der Waals surface area (Å²) >= 11 is 1.60. The lowest BCUT2D eigenvalue weighted by atomic mass is 10.2. The average molecular weight is 395 g/mol. The second kappa shape index (κ2) is 7.95. The summed E-state index contributed by atoms with van der Waals surface area (Å²) in [5, 5.41) is 4.93. The van der Waals surface area contributed by atoms with Gasteiger partial charge in [-0.1, -0.05) is 18.2 Å². The number of nitrogens with one attached hydrogen (secondary N) is 1. The highest BCUT2D eigenvalue weighted by Gasteiger charge is 2.23. The van der Waals surface area contributed by atoms with Crippen molar-refractivity contribution in [1.82, 2.24) is 19.9 Å². The Balaban J connectivity index is 1.77. The number of amides is 1. The minimum absolute atomic E-state index is 0.244. The molecule has 1 aromatic carbocycles. The number of hydrogen-bond acceptors (Lipinski definition) is 6. The molecule has 0 aliphatic heterocycles. The van der Waals surface area contributed by atoms with Gasteiger partial charge in [-0.2, -0.15) is 0 Å². The normalized spacial score (nSPS) is 11.3. The van der Waals surface area contributed by atoms with Gasteiger partial charge in [0.05, 0.1) is 17.6 Å². The summed E-state index contributed by atoms with van der Waals surface area (Å²) < 4.78 is 7.01. The fourth-order valence-electron chi connectivity index (χ4n) is 3.20. The molecule has 3 aromatic heterocycles. The standard InChI is InChI=1S/C20H21N5O2S/c1-27-10-5-9-25-18(21)16(20(26)22-12-13-6-4-11-28-13)17-19(25)24-15-8-3-2-7-14(15)23-17/h2-4,6-8,11H,5,9-10,12,21H2,1H3,(H,22,26). The number of carbonyl (C=O) groups is 1. The number of nitrogens with two attached hydrogens (primary N) is 1. The van der Waals surface area contributed by atoms with Crippen molar-refractivity contribution in [1.29, 1.82) is 0 Å². The molecule has 7 nitrogen and oxygen atoms in total. The number of methoxy groups -OCH3 is 1. The zero-order chi connectivity index (χ0) is 19.5. The molecule has 0 unspecified atom stereocenters. The first-order chi connectivity index (χ1) is 13.7. The van der Waals surface area contributed by atoms with E-state index in [1.807, 2.05) is 46.3 Å². The number of nitrogens with zero attached hydrogens (tertiary/aromatic N) is 3. The minimum Gasteiger partial charge on any atom is -0.385 e. The first kappa shape index (κ1) is 18.4. The van der Waals surface area contributed by atoms with Gasteiger partial charge in [-0.25, -0.2) is 9.97 Å². The lowest BCUT2D eigenvalue weighted by Gasteiger charge is -2.07. The minimum atomic E-state index is -0.244. The second-order valence-electron chi connectivity index (χ2n) is 6.40. The van der Waals surface area contributed by atoms with E-state index in [0.717, 1.165) is 22.3 Å². The van der Waals surface area contributed by atoms with E-state index >= 15 is 0 Å². The van der Waals surface area contributed by atoms with Crippen molar-refractivity contribution in [2.45, 2.75) is 19.5 Å². The first-order valence-electron chi connectivity index (χ1n) is 9.03. The monoisotopic (exact) mass is 395 g/mol. The number of benzene rings is 1. The molecule has 0 fully saturated rings. The molecule has 4 rings (SSSR count). The second-order valence-corrected chi connectivity index (χ2v) is 7.44. The maximum Gasteiger partial charge on any atom is 0.257 e. The lowest BCUT2D eigenvalue weighted by molar-refractivity contribution is 0.0953. The molecule has 0 spiro atoms. The van der Waals surface area contributed by atoms with Crippen LogP contribution in [0.2, 0.25) is 0 Å². The molecular weight excluding hydrogens is 374 g/mol. The maximum absolute atomic E-state index is 13.0. The van der Waals surface area contributed by atoms with Crippen molar-refractivity contribution in [2.75, 3.05) is 19.5 Å². The molecule has 0 saturated heterocycles. The Kier molecular flexibility index (Phi) is 5.23. The molecule has 1 amide bonds. The lowest BCUT2D eigenvalue weighted by Crippen LogP contribution is -2.23. The van der Waals surface area contributed by atoms with Crippen molar-refractivity contribution < 1.29 is 9.53 Å². The van der Waals surface area contributed by atoms with E-state index in [0.29, 0.717) is 42.2 Å². The Morgan fingerprint density at radius 3 is 2.71 bits per heavy atom. The molecule has 4 aromatic rings. The van der Waals surface area contributed by atoms with E-state index in [4.69, 9.17) is 20.4 Å². The van der Waals surface area contributed by atoms with Crippen LogP contribution < -0.4 is 11.1 Å². The van der Waals surface area contributed by atoms with Crippen molar-refractivity contribution in [3.8, 4) is 0 Å². The van der Waals surface area contributed by atoms with Crippen LogP contribution in [0.25, 0.3) is 22.2 Å². The summed E-state index contributed by atoms with van der Waals surface area (Å²) in [6.45, 7) is 1.65. The number of rotatable bonds is 7. The summed E-state index contributed by atoms with van der Waals surface area (Å²) in [4.78, 5) is 23.5. The van der Waals surface area contributed by atoms with Crippen LogP contribution in [-0.2, 0) is 17.8 Å². The van der Waals surface area contributed by atoms with Gasteiger partial charge in [0.1, 0.15) is 16.9 Å². The van der Waals surface area contributed by atoms with Gasteiger partial charge in [0.25, 0.3) is 5.91 Å². The van der Waals surface area contributed by atoms with E-state index < -0.39 is 0 Å². The van der Waals surface area contributed by atoms with Crippen LogP contribution in [0.1, 0.15) is 21.7 Å². The predicted molar refractivity (Wildman–Crippen MR) is 111 cm³/mol. The first-order valence-corrected chi connectivity index (χ1v) is 9.91. The highest BCUT2D eigenvalue weighted by Crippen LogP contribution is 2.28. The summed E-state index contributed by atoms with van der Waals surface area (Å²) in [5.41, 5.74) is 9.42. The fourth-order valence-corrected chi connectivity index (χ4v) is 3.85. The Bertz CT molecular complexity index is 1120. The van der Waals surface area contributed by atoms with Crippen LogP contribution in [0.15, 0.2) is 41.8 Å². The summed E-state index contributed by atoms with van der Waals surface area (Å²) in [5.74, 6) is 0.135. The van der Waals surface area contributed by atoms with Crippen LogP contribution in [-0.4, -0.2) is 34.2 Å². The van der Waals surface area contributed by atoms with Gasteiger partial charge in [0, 0.05) is 25.1 Å². The SMILES string of the molecule is COCCCn1c(N)c(C(=O)NCc2cccs2)c2nc3ccccc3nc21. The Labute approximate surface area is 166 Å². The number of hydrogen-bond donors (Lipinski definition) is 2.